The molecule has 1 atom stereocenters. The van der Waals surface area contributed by atoms with Crippen molar-refractivity contribution in [1.82, 2.24) is 10.2 Å². The van der Waals surface area contributed by atoms with E-state index in [0.717, 1.165) is 17.6 Å². The van der Waals surface area contributed by atoms with E-state index in [1.807, 2.05) is 43.9 Å². The molecule has 0 aliphatic carbocycles. The zero-order valence-electron chi connectivity index (χ0n) is 10.5. The Morgan fingerprint density at radius 2 is 1.94 bits per heavy atom. The number of anilines is 1. The minimum Gasteiger partial charge on any atom is -0.470 e. The van der Waals surface area contributed by atoms with E-state index in [1.165, 1.54) is 0 Å². The molecule has 17 heavy (non-hydrogen) atoms. The van der Waals surface area contributed by atoms with Crippen LogP contribution in [0.15, 0.2) is 33.0 Å². The maximum atomic E-state index is 5.06. The van der Waals surface area contributed by atoms with E-state index < -0.39 is 0 Å². The predicted molar refractivity (Wildman–Crippen MR) is 68.3 cm³/mol. The van der Waals surface area contributed by atoms with Gasteiger partial charge in [-0.05, 0) is 6.92 Å². The number of hydrogen-bond acceptors (Lipinski definition) is 6. The summed E-state index contributed by atoms with van der Waals surface area (Å²) in [6, 6.07) is 1.88. The van der Waals surface area contributed by atoms with E-state index >= 15 is 0 Å². The summed E-state index contributed by atoms with van der Waals surface area (Å²) < 4.78 is 5.06. The molecule has 6 nitrogen and oxygen atoms in total. The zero-order valence-corrected chi connectivity index (χ0v) is 10.5. The van der Waals surface area contributed by atoms with Crippen LogP contribution in [-0.4, -0.2) is 44.1 Å². The number of hydrogen-bond donors (Lipinski definition) is 1. The molecule has 0 saturated carbocycles. The summed E-state index contributed by atoms with van der Waals surface area (Å²) in [5.74, 6) is 1.57. The summed E-state index contributed by atoms with van der Waals surface area (Å²) in [5.41, 5.74) is 0.948. The molecule has 0 aromatic carbocycles. The average molecular weight is 235 g/mol. The van der Waals surface area contributed by atoms with Gasteiger partial charge < -0.3 is 14.2 Å². The molecule has 0 fully saturated rings. The zero-order chi connectivity index (χ0) is 12.4. The highest BCUT2D eigenvalue weighted by Gasteiger charge is 2.18. The van der Waals surface area contributed by atoms with Gasteiger partial charge in [-0.25, -0.2) is 9.98 Å². The molecule has 1 aliphatic rings. The first-order valence-electron chi connectivity index (χ1n) is 5.44. The fourth-order valence-corrected chi connectivity index (χ4v) is 1.52. The minimum absolute atomic E-state index is 0.0852. The van der Waals surface area contributed by atoms with Crippen molar-refractivity contribution in [1.29, 1.82) is 0 Å². The van der Waals surface area contributed by atoms with Gasteiger partial charge >= 0.3 is 0 Å². The molecule has 1 N–H and O–H groups in total. The summed E-state index contributed by atoms with van der Waals surface area (Å²) in [7, 11) is 5.82. The van der Waals surface area contributed by atoms with Gasteiger partial charge in [-0.3, -0.25) is 5.32 Å². The van der Waals surface area contributed by atoms with Crippen molar-refractivity contribution in [2.24, 2.45) is 9.98 Å². The monoisotopic (exact) mass is 235 g/mol. The van der Waals surface area contributed by atoms with Crippen molar-refractivity contribution >= 4 is 17.6 Å². The van der Waals surface area contributed by atoms with Crippen molar-refractivity contribution < 1.29 is 4.42 Å². The second-order valence-corrected chi connectivity index (χ2v) is 4.10. The molecule has 0 saturated heterocycles. The van der Waals surface area contributed by atoms with E-state index in [-0.39, 0.29) is 6.17 Å². The molecule has 2 heterocycles. The quantitative estimate of drug-likeness (QED) is 0.787. The van der Waals surface area contributed by atoms with Gasteiger partial charge in [0.25, 0.3) is 0 Å². The van der Waals surface area contributed by atoms with Crippen molar-refractivity contribution in [2.45, 2.75) is 13.1 Å². The molecular weight excluding hydrogens is 218 g/mol. The van der Waals surface area contributed by atoms with Crippen LogP contribution >= 0.6 is 0 Å². The lowest BCUT2D eigenvalue weighted by Gasteiger charge is -2.28. The SMILES string of the molecule is CC1N=C(N(C)C)NC(N(C)c2ccoc2)=N1. The van der Waals surface area contributed by atoms with E-state index in [1.54, 1.807) is 12.5 Å². The number of rotatable bonds is 1. The molecule has 92 valence electrons. The van der Waals surface area contributed by atoms with Gasteiger partial charge in [0, 0.05) is 27.2 Å². The number of furan rings is 1. The van der Waals surface area contributed by atoms with E-state index in [9.17, 15) is 0 Å². The van der Waals surface area contributed by atoms with Gasteiger partial charge in [0.05, 0.1) is 12.0 Å². The number of guanidine groups is 2. The number of aliphatic imine (C=N–C) groups is 2. The van der Waals surface area contributed by atoms with Crippen LogP contribution in [0.25, 0.3) is 0 Å². The molecule has 6 heteroatoms. The highest BCUT2D eigenvalue weighted by molar-refractivity contribution is 6.07. The lowest BCUT2D eigenvalue weighted by atomic mass is 10.4. The summed E-state index contributed by atoms with van der Waals surface area (Å²) in [5, 5.41) is 3.18. The van der Waals surface area contributed by atoms with Crippen LogP contribution in [0.4, 0.5) is 5.69 Å². The largest absolute Gasteiger partial charge is 0.470 e. The Labute approximate surface area is 101 Å². The topological polar surface area (TPSA) is 56.4 Å². The summed E-state index contributed by atoms with van der Waals surface area (Å²) in [4.78, 5) is 12.7. The second-order valence-electron chi connectivity index (χ2n) is 4.10. The lowest BCUT2D eigenvalue weighted by molar-refractivity contribution is 0.567. The second kappa shape index (κ2) is 4.48. The molecule has 0 spiro atoms. The molecule has 2 rings (SSSR count). The van der Waals surface area contributed by atoms with E-state index in [2.05, 4.69) is 15.3 Å². The Bertz CT molecular complexity index is 435. The Morgan fingerprint density at radius 3 is 2.53 bits per heavy atom. The fraction of sp³-hybridized carbons (Fsp3) is 0.455. The average Bonchev–Trinajstić information content (AvgIpc) is 2.80. The van der Waals surface area contributed by atoms with Gasteiger partial charge in [0.15, 0.2) is 0 Å². The third kappa shape index (κ3) is 2.41. The molecule has 1 aromatic rings. The summed E-state index contributed by atoms with van der Waals surface area (Å²) >= 11 is 0. The van der Waals surface area contributed by atoms with Crippen LogP contribution in [0.5, 0.6) is 0 Å². The molecule has 0 radical (unpaired) electrons. The van der Waals surface area contributed by atoms with Crippen LogP contribution in [0.3, 0.4) is 0 Å². The summed E-state index contributed by atoms with van der Waals surface area (Å²) in [6.07, 6.45) is 3.23. The molecule has 1 unspecified atom stereocenters. The Morgan fingerprint density at radius 1 is 1.24 bits per heavy atom. The van der Waals surface area contributed by atoms with E-state index in [4.69, 9.17) is 4.42 Å². The van der Waals surface area contributed by atoms with Crippen LogP contribution in [0.1, 0.15) is 6.92 Å². The Balaban J connectivity index is 2.18. The van der Waals surface area contributed by atoms with Gasteiger partial charge in [-0.2, -0.15) is 0 Å². The van der Waals surface area contributed by atoms with Gasteiger partial charge in [0.2, 0.25) is 11.9 Å². The molecule has 0 bridgehead atoms. The predicted octanol–water partition coefficient (Wildman–Crippen LogP) is 0.939. The molecule has 0 amide bonds. The van der Waals surface area contributed by atoms with Crippen molar-refractivity contribution in [3.63, 3.8) is 0 Å². The van der Waals surface area contributed by atoms with Crippen molar-refractivity contribution in [3.8, 4) is 0 Å². The van der Waals surface area contributed by atoms with Gasteiger partial charge in [0.1, 0.15) is 12.4 Å². The Hall–Kier alpha value is -1.98. The van der Waals surface area contributed by atoms with Crippen LogP contribution in [0.2, 0.25) is 0 Å². The van der Waals surface area contributed by atoms with E-state index in [0.29, 0.717) is 0 Å². The standard InChI is InChI=1S/C11H17N5O/c1-8-12-10(15(2)3)14-11(13-8)16(4)9-5-6-17-7-9/h5-8H,1-4H3,(H,12,13,14). The first kappa shape index (κ1) is 11.5. The minimum atomic E-state index is -0.0852. The number of nitrogens with one attached hydrogen (secondary N) is 1. The highest BCUT2D eigenvalue weighted by atomic mass is 16.3. The first-order valence-corrected chi connectivity index (χ1v) is 5.44. The van der Waals surface area contributed by atoms with Crippen LogP contribution in [0, 0.1) is 0 Å². The molecular formula is C11H17N5O. The third-order valence-electron chi connectivity index (χ3n) is 2.48. The molecule has 1 aromatic heterocycles. The molecule has 1 aliphatic heterocycles. The number of nitrogens with zero attached hydrogens (tertiary/aromatic N) is 4. The highest BCUT2D eigenvalue weighted by Crippen LogP contribution is 2.14. The van der Waals surface area contributed by atoms with Gasteiger partial charge in [-0.1, -0.05) is 0 Å². The third-order valence-corrected chi connectivity index (χ3v) is 2.48. The maximum absolute atomic E-state index is 5.06. The maximum Gasteiger partial charge on any atom is 0.207 e. The fourth-order valence-electron chi connectivity index (χ4n) is 1.52. The lowest BCUT2D eigenvalue weighted by Crippen LogP contribution is -2.50. The van der Waals surface area contributed by atoms with Gasteiger partial charge in [-0.15, -0.1) is 0 Å². The van der Waals surface area contributed by atoms with Crippen LogP contribution in [-0.2, 0) is 0 Å². The summed E-state index contributed by atoms with van der Waals surface area (Å²) in [6.45, 7) is 1.95. The first-order chi connectivity index (χ1) is 8.08. The van der Waals surface area contributed by atoms with Crippen LogP contribution < -0.4 is 10.2 Å². The van der Waals surface area contributed by atoms with Crippen molar-refractivity contribution in [2.75, 3.05) is 26.0 Å². The normalized spacial score (nSPS) is 19.2. The van der Waals surface area contributed by atoms with Crippen molar-refractivity contribution in [3.05, 3.63) is 18.6 Å². The Kier molecular flexibility index (Phi) is 3.03. The smallest absolute Gasteiger partial charge is 0.207 e.